The first kappa shape index (κ1) is 11.0. The first-order chi connectivity index (χ1) is 8.22. The maximum Gasteiger partial charge on any atom is 0.161 e. The van der Waals surface area contributed by atoms with Crippen molar-refractivity contribution >= 4 is 21.6 Å². The van der Waals surface area contributed by atoms with Crippen LogP contribution in [0.5, 0.6) is 0 Å². The van der Waals surface area contributed by atoms with Crippen molar-refractivity contribution in [3.8, 4) is 6.07 Å². The summed E-state index contributed by atoms with van der Waals surface area (Å²) in [5, 5.41) is 15.3. The molecule has 1 aromatic carbocycles. The molecule has 0 radical (unpaired) electrons. The highest BCUT2D eigenvalue weighted by atomic mass is 79.9. The zero-order chi connectivity index (χ0) is 12.0. The summed E-state index contributed by atoms with van der Waals surface area (Å²) in [6.45, 7) is 2.03. The molecule has 0 aromatic heterocycles. The van der Waals surface area contributed by atoms with E-state index in [0.29, 0.717) is 29.1 Å². The van der Waals surface area contributed by atoms with Crippen LogP contribution in [-0.2, 0) is 0 Å². The van der Waals surface area contributed by atoms with Gasteiger partial charge in [-0.25, -0.2) is 4.39 Å². The van der Waals surface area contributed by atoms with E-state index in [1.165, 1.54) is 0 Å². The minimum absolute atomic E-state index is 0.244. The van der Waals surface area contributed by atoms with Gasteiger partial charge in [-0.1, -0.05) is 0 Å². The van der Waals surface area contributed by atoms with Crippen molar-refractivity contribution in [3.63, 3.8) is 0 Å². The maximum atomic E-state index is 13.9. The first-order valence-corrected chi connectivity index (χ1v) is 6.37. The van der Waals surface area contributed by atoms with Crippen LogP contribution in [-0.4, -0.2) is 19.1 Å². The van der Waals surface area contributed by atoms with Crippen LogP contribution in [0.15, 0.2) is 16.6 Å². The maximum absolute atomic E-state index is 13.9. The molecule has 0 bridgehead atoms. The van der Waals surface area contributed by atoms with Crippen LogP contribution >= 0.6 is 15.9 Å². The average molecular weight is 296 g/mol. The zero-order valence-corrected chi connectivity index (χ0v) is 10.6. The summed E-state index contributed by atoms with van der Waals surface area (Å²) in [6.07, 6.45) is 0. The number of halogens is 2. The zero-order valence-electron chi connectivity index (χ0n) is 9.00. The second-order valence-corrected chi connectivity index (χ2v) is 5.35. The van der Waals surface area contributed by atoms with E-state index in [1.807, 2.05) is 6.07 Å². The van der Waals surface area contributed by atoms with Gasteiger partial charge in [-0.2, -0.15) is 5.26 Å². The molecule has 1 heterocycles. The number of nitrogens with zero attached hydrogens (tertiary/aromatic N) is 1. The lowest BCUT2D eigenvalue weighted by Crippen LogP contribution is -2.21. The van der Waals surface area contributed by atoms with Crippen molar-refractivity contribution in [2.24, 2.45) is 11.8 Å². The number of fused-ring (bicyclic) bond motifs is 1. The summed E-state index contributed by atoms with van der Waals surface area (Å²) in [7, 11) is 0. The molecule has 2 atom stereocenters. The van der Waals surface area contributed by atoms with Crippen molar-refractivity contribution in [2.75, 3.05) is 18.4 Å². The molecule has 1 saturated carbocycles. The van der Waals surface area contributed by atoms with Gasteiger partial charge in [0.2, 0.25) is 0 Å². The lowest BCUT2D eigenvalue weighted by atomic mass is 10.2. The molecule has 1 aromatic rings. The molecule has 0 amide bonds. The van der Waals surface area contributed by atoms with Crippen LogP contribution in [0.1, 0.15) is 5.56 Å². The largest absolute Gasteiger partial charge is 0.379 e. The third-order valence-corrected chi connectivity index (χ3v) is 4.39. The summed E-state index contributed by atoms with van der Waals surface area (Å²) >= 11 is 3.11. The molecule has 1 aliphatic carbocycles. The quantitative estimate of drug-likeness (QED) is 0.878. The monoisotopic (exact) mass is 295 g/mol. The number of hydrogen-bond acceptors (Lipinski definition) is 3. The van der Waals surface area contributed by atoms with E-state index in [2.05, 4.69) is 26.6 Å². The Morgan fingerprint density at radius 2 is 2.12 bits per heavy atom. The lowest BCUT2D eigenvalue weighted by Gasteiger charge is -2.11. The summed E-state index contributed by atoms with van der Waals surface area (Å²) in [5.74, 6) is 0.884. The second-order valence-electron chi connectivity index (χ2n) is 4.56. The summed E-state index contributed by atoms with van der Waals surface area (Å²) in [4.78, 5) is 0. The Balaban J connectivity index is 1.80. The molecule has 17 heavy (non-hydrogen) atoms. The van der Waals surface area contributed by atoms with Gasteiger partial charge in [0.1, 0.15) is 6.07 Å². The fourth-order valence-electron chi connectivity index (χ4n) is 2.56. The average Bonchev–Trinajstić information content (AvgIpc) is 2.76. The molecule has 2 fully saturated rings. The molecular formula is C12H11BrFN3. The first-order valence-electron chi connectivity index (χ1n) is 5.57. The Kier molecular flexibility index (Phi) is 2.57. The van der Waals surface area contributed by atoms with Crippen LogP contribution in [0.2, 0.25) is 0 Å². The highest BCUT2D eigenvalue weighted by Gasteiger charge is 2.53. The predicted molar refractivity (Wildman–Crippen MR) is 66.1 cm³/mol. The smallest absolute Gasteiger partial charge is 0.161 e. The molecule has 88 valence electrons. The number of nitrogens with one attached hydrogen (secondary N) is 2. The fourth-order valence-corrected chi connectivity index (χ4v) is 2.99. The molecule has 1 aliphatic heterocycles. The van der Waals surface area contributed by atoms with E-state index < -0.39 is 0 Å². The molecule has 2 N–H and O–H groups in total. The highest BCUT2D eigenvalue weighted by Crippen LogP contribution is 2.44. The highest BCUT2D eigenvalue weighted by molar-refractivity contribution is 9.10. The molecule has 5 heteroatoms. The van der Waals surface area contributed by atoms with Gasteiger partial charge < -0.3 is 10.6 Å². The topological polar surface area (TPSA) is 47.9 Å². The predicted octanol–water partition coefficient (Wildman–Crippen LogP) is 2.09. The Morgan fingerprint density at radius 3 is 2.76 bits per heavy atom. The van der Waals surface area contributed by atoms with Crippen molar-refractivity contribution in [2.45, 2.75) is 6.04 Å². The summed E-state index contributed by atoms with van der Waals surface area (Å²) in [6, 6.07) is 5.60. The molecular weight excluding hydrogens is 285 g/mol. The van der Waals surface area contributed by atoms with E-state index >= 15 is 0 Å². The van der Waals surface area contributed by atoms with Gasteiger partial charge >= 0.3 is 0 Å². The van der Waals surface area contributed by atoms with Gasteiger partial charge in [0.15, 0.2) is 5.82 Å². The Bertz CT molecular complexity index is 501. The number of hydrogen-bond donors (Lipinski definition) is 2. The molecule has 3 nitrogen and oxygen atoms in total. The number of rotatable bonds is 2. The van der Waals surface area contributed by atoms with E-state index in [0.717, 1.165) is 13.1 Å². The number of benzene rings is 1. The molecule has 0 spiro atoms. The van der Waals surface area contributed by atoms with Gasteiger partial charge in [-0.3, -0.25) is 0 Å². The van der Waals surface area contributed by atoms with Crippen LogP contribution in [0.4, 0.5) is 10.1 Å². The molecule has 2 unspecified atom stereocenters. The van der Waals surface area contributed by atoms with Crippen molar-refractivity contribution in [1.29, 1.82) is 5.26 Å². The minimum Gasteiger partial charge on any atom is -0.379 e. The number of piperidine rings is 1. The minimum atomic E-state index is -0.373. The molecule has 3 rings (SSSR count). The number of nitriles is 1. The van der Waals surface area contributed by atoms with Crippen molar-refractivity contribution in [3.05, 3.63) is 28.0 Å². The third kappa shape index (κ3) is 1.72. The van der Waals surface area contributed by atoms with E-state index in [4.69, 9.17) is 5.26 Å². The standard InChI is InChI=1S/C12H11BrFN3/c13-10-6(3-15)1-2-9(11(10)14)17-12-7-4-16-5-8(7)12/h1-2,7-8,12,16-17H,4-5H2. The van der Waals surface area contributed by atoms with Gasteiger partial charge in [-0.05, 0) is 39.9 Å². The van der Waals surface area contributed by atoms with Gasteiger partial charge in [0.25, 0.3) is 0 Å². The summed E-state index contributed by atoms with van der Waals surface area (Å²) in [5.41, 5.74) is 0.806. The number of anilines is 1. The molecule has 2 aliphatic rings. The normalized spacial score (nSPS) is 29.6. The fraction of sp³-hybridized carbons (Fsp3) is 0.417. The van der Waals surface area contributed by atoms with Crippen LogP contribution < -0.4 is 10.6 Å². The van der Waals surface area contributed by atoms with Crippen LogP contribution in [0.3, 0.4) is 0 Å². The second kappa shape index (κ2) is 3.97. The summed E-state index contributed by atoms with van der Waals surface area (Å²) < 4.78 is 14.2. The van der Waals surface area contributed by atoms with Crippen LogP contribution in [0, 0.1) is 29.0 Å². The van der Waals surface area contributed by atoms with E-state index in [1.54, 1.807) is 12.1 Å². The Morgan fingerprint density at radius 1 is 1.41 bits per heavy atom. The molecule has 1 saturated heterocycles. The van der Waals surface area contributed by atoms with E-state index in [9.17, 15) is 4.39 Å². The van der Waals surface area contributed by atoms with Crippen molar-refractivity contribution < 1.29 is 4.39 Å². The van der Waals surface area contributed by atoms with Crippen molar-refractivity contribution in [1.82, 2.24) is 5.32 Å². The van der Waals surface area contributed by atoms with Gasteiger partial charge in [0, 0.05) is 19.1 Å². The van der Waals surface area contributed by atoms with Crippen LogP contribution in [0.25, 0.3) is 0 Å². The third-order valence-electron chi connectivity index (χ3n) is 3.62. The Hall–Kier alpha value is -1.12. The van der Waals surface area contributed by atoms with Gasteiger partial charge in [-0.15, -0.1) is 0 Å². The lowest BCUT2D eigenvalue weighted by molar-refractivity contribution is 0.619. The van der Waals surface area contributed by atoms with Gasteiger partial charge in [0.05, 0.1) is 15.7 Å². The Labute approximate surface area is 107 Å². The SMILES string of the molecule is N#Cc1ccc(NC2C3CNCC32)c(F)c1Br. The van der Waals surface area contributed by atoms with E-state index in [-0.39, 0.29) is 10.3 Å².